The fourth-order valence-electron chi connectivity index (χ4n) is 1.64. The molecule has 0 bridgehead atoms. The highest BCUT2D eigenvalue weighted by Gasteiger charge is 2.08. The molecule has 0 unspecified atom stereocenters. The lowest BCUT2D eigenvalue weighted by Gasteiger charge is -2.08. The van der Waals surface area contributed by atoms with Crippen LogP contribution < -0.4 is 10.5 Å². The monoisotopic (exact) mass is 260 g/mol. The van der Waals surface area contributed by atoms with Crippen molar-refractivity contribution in [2.24, 2.45) is 0 Å². The minimum absolute atomic E-state index is 0.0640. The van der Waals surface area contributed by atoms with Gasteiger partial charge in [0.15, 0.2) is 0 Å². The van der Waals surface area contributed by atoms with Gasteiger partial charge in [-0.05, 0) is 18.2 Å². The summed E-state index contributed by atoms with van der Waals surface area (Å²) in [6.07, 6.45) is 2.46. The molecule has 1 aromatic carbocycles. The SMILES string of the molecule is N#Cc1c(F)cccc1OCCCn1ccc(N)n1. The minimum atomic E-state index is -0.570. The van der Waals surface area contributed by atoms with Crippen molar-refractivity contribution in [3.05, 3.63) is 41.8 Å². The Balaban J connectivity index is 1.86. The molecule has 6 heteroatoms. The number of aromatic nitrogens is 2. The highest BCUT2D eigenvalue weighted by atomic mass is 19.1. The van der Waals surface area contributed by atoms with Crippen molar-refractivity contribution < 1.29 is 9.13 Å². The van der Waals surface area contributed by atoms with Crippen LogP contribution in [0.2, 0.25) is 0 Å². The van der Waals surface area contributed by atoms with E-state index in [2.05, 4.69) is 5.10 Å². The van der Waals surface area contributed by atoms with Gasteiger partial charge in [0, 0.05) is 19.2 Å². The molecule has 0 aliphatic heterocycles. The van der Waals surface area contributed by atoms with Crippen LogP contribution in [0.25, 0.3) is 0 Å². The molecule has 19 heavy (non-hydrogen) atoms. The van der Waals surface area contributed by atoms with Gasteiger partial charge in [-0.1, -0.05) is 6.07 Å². The first kappa shape index (κ1) is 12.9. The number of hydrogen-bond donors (Lipinski definition) is 1. The van der Waals surface area contributed by atoms with E-state index in [9.17, 15) is 4.39 Å². The number of hydrogen-bond acceptors (Lipinski definition) is 4. The average molecular weight is 260 g/mol. The maximum atomic E-state index is 13.3. The zero-order valence-corrected chi connectivity index (χ0v) is 10.2. The standard InChI is InChI=1S/C13H13FN4O/c14-11-3-1-4-12(10(11)9-15)19-8-2-6-18-7-5-13(16)17-18/h1,3-5,7H,2,6,8H2,(H2,16,17). The summed E-state index contributed by atoms with van der Waals surface area (Å²) in [5, 5.41) is 12.9. The van der Waals surface area contributed by atoms with E-state index in [1.54, 1.807) is 29.1 Å². The van der Waals surface area contributed by atoms with Crippen molar-refractivity contribution in [3.63, 3.8) is 0 Å². The highest BCUT2D eigenvalue weighted by molar-refractivity contribution is 5.43. The zero-order chi connectivity index (χ0) is 13.7. The smallest absolute Gasteiger partial charge is 0.145 e. The van der Waals surface area contributed by atoms with E-state index < -0.39 is 5.82 Å². The normalized spacial score (nSPS) is 10.1. The number of nitriles is 1. The average Bonchev–Trinajstić information content (AvgIpc) is 2.81. The second-order valence-electron chi connectivity index (χ2n) is 3.93. The van der Waals surface area contributed by atoms with Crippen molar-refractivity contribution >= 4 is 5.82 Å². The van der Waals surface area contributed by atoms with Crippen LogP contribution in [0.4, 0.5) is 10.2 Å². The van der Waals surface area contributed by atoms with Crippen molar-refractivity contribution in [2.75, 3.05) is 12.3 Å². The van der Waals surface area contributed by atoms with Crippen LogP contribution in [0.15, 0.2) is 30.5 Å². The van der Waals surface area contributed by atoms with Crippen LogP contribution in [0.1, 0.15) is 12.0 Å². The lowest BCUT2D eigenvalue weighted by Crippen LogP contribution is -2.06. The van der Waals surface area contributed by atoms with Gasteiger partial charge in [0.2, 0.25) is 0 Å². The Morgan fingerprint density at radius 2 is 2.26 bits per heavy atom. The Labute approximate surface area is 110 Å². The van der Waals surface area contributed by atoms with E-state index in [1.807, 2.05) is 0 Å². The number of rotatable bonds is 5. The van der Waals surface area contributed by atoms with Gasteiger partial charge in [0.05, 0.1) is 6.61 Å². The van der Waals surface area contributed by atoms with Gasteiger partial charge in [-0.15, -0.1) is 0 Å². The minimum Gasteiger partial charge on any atom is -0.492 e. The summed E-state index contributed by atoms with van der Waals surface area (Å²) in [5.41, 5.74) is 5.42. The summed E-state index contributed by atoms with van der Waals surface area (Å²) in [7, 11) is 0. The van der Waals surface area contributed by atoms with E-state index in [-0.39, 0.29) is 11.3 Å². The van der Waals surface area contributed by atoms with Gasteiger partial charge in [-0.2, -0.15) is 10.4 Å². The third kappa shape index (κ3) is 3.22. The van der Waals surface area contributed by atoms with E-state index >= 15 is 0 Å². The molecule has 1 heterocycles. The second kappa shape index (κ2) is 5.87. The number of nitrogens with zero attached hydrogens (tertiary/aromatic N) is 3. The maximum Gasteiger partial charge on any atom is 0.145 e. The van der Waals surface area contributed by atoms with Crippen molar-refractivity contribution in [1.82, 2.24) is 9.78 Å². The Morgan fingerprint density at radius 1 is 1.42 bits per heavy atom. The lowest BCUT2D eigenvalue weighted by atomic mass is 10.2. The van der Waals surface area contributed by atoms with Crippen molar-refractivity contribution in [1.29, 1.82) is 5.26 Å². The number of anilines is 1. The van der Waals surface area contributed by atoms with Gasteiger partial charge < -0.3 is 10.5 Å². The number of nitrogen functional groups attached to an aromatic ring is 1. The number of nitrogens with two attached hydrogens (primary N) is 1. The van der Waals surface area contributed by atoms with E-state index in [0.29, 0.717) is 25.4 Å². The third-order valence-corrected chi connectivity index (χ3v) is 2.54. The number of aryl methyl sites for hydroxylation is 1. The van der Waals surface area contributed by atoms with Gasteiger partial charge in [-0.3, -0.25) is 4.68 Å². The summed E-state index contributed by atoms with van der Waals surface area (Å²) in [6.45, 7) is 1.02. The fourth-order valence-corrected chi connectivity index (χ4v) is 1.64. The summed E-state index contributed by atoms with van der Waals surface area (Å²) in [5.74, 6) is 0.167. The van der Waals surface area contributed by atoms with Gasteiger partial charge >= 0.3 is 0 Å². The molecule has 1 aromatic heterocycles. The molecule has 0 atom stereocenters. The summed E-state index contributed by atoms with van der Waals surface area (Å²) >= 11 is 0. The quantitative estimate of drug-likeness (QED) is 0.833. The molecule has 5 nitrogen and oxygen atoms in total. The maximum absolute atomic E-state index is 13.3. The first-order chi connectivity index (χ1) is 9.20. The summed E-state index contributed by atoms with van der Waals surface area (Å²) < 4.78 is 20.4. The third-order valence-electron chi connectivity index (χ3n) is 2.54. The molecule has 2 N–H and O–H groups in total. The summed E-state index contributed by atoms with van der Waals surface area (Å²) in [6, 6.07) is 7.83. The van der Waals surface area contributed by atoms with Crippen LogP contribution in [0, 0.1) is 17.1 Å². The molecular formula is C13H13FN4O. The number of ether oxygens (including phenoxy) is 1. The topological polar surface area (TPSA) is 76.9 Å². The van der Waals surface area contributed by atoms with E-state index in [4.69, 9.17) is 15.7 Å². The molecule has 2 aromatic rings. The lowest BCUT2D eigenvalue weighted by molar-refractivity contribution is 0.296. The van der Waals surface area contributed by atoms with E-state index in [1.165, 1.54) is 12.1 Å². The van der Waals surface area contributed by atoms with Gasteiger partial charge in [-0.25, -0.2) is 4.39 Å². The van der Waals surface area contributed by atoms with Crippen LogP contribution >= 0.6 is 0 Å². The van der Waals surface area contributed by atoms with Crippen LogP contribution in [-0.2, 0) is 6.54 Å². The number of benzene rings is 1. The Hall–Kier alpha value is -2.55. The van der Waals surface area contributed by atoms with Crippen LogP contribution in [0.3, 0.4) is 0 Å². The predicted molar refractivity (Wildman–Crippen MR) is 67.9 cm³/mol. The number of halogens is 1. The Kier molecular flexibility index (Phi) is 3.98. The molecule has 0 radical (unpaired) electrons. The Morgan fingerprint density at radius 3 is 2.95 bits per heavy atom. The zero-order valence-electron chi connectivity index (χ0n) is 10.2. The predicted octanol–water partition coefficient (Wildman–Crippen LogP) is 1.95. The molecule has 98 valence electrons. The molecule has 0 saturated carbocycles. The molecule has 0 spiro atoms. The first-order valence-electron chi connectivity index (χ1n) is 5.81. The molecule has 2 rings (SSSR count). The molecule has 0 fully saturated rings. The molecule has 0 aliphatic carbocycles. The fraction of sp³-hybridized carbons (Fsp3) is 0.231. The van der Waals surface area contributed by atoms with E-state index in [0.717, 1.165) is 0 Å². The van der Waals surface area contributed by atoms with Gasteiger partial charge in [0.1, 0.15) is 29.0 Å². The van der Waals surface area contributed by atoms with Crippen molar-refractivity contribution in [3.8, 4) is 11.8 Å². The molecule has 0 amide bonds. The summed E-state index contributed by atoms with van der Waals surface area (Å²) in [4.78, 5) is 0. The van der Waals surface area contributed by atoms with Gasteiger partial charge in [0.25, 0.3) is 0 Å². The molecular weight excluding hydrogens is 247 g/mol. The molecule has 0 saturated heterocycles. The second-order valence-corrected chi connectivity index (χ2v) is 3.93. The largest absolute Gasteiger partial charge is 0.492 e. The van der Waals surface area contributed by atoms with Crippen LogP contribution in [-0.4, -0.2) is 16.4 Å². The van der Waals surface area contributed by atoms with Crippen molar-refractivity contribution in [2.45, 2.75) is 13.0 Å². The first-order valence-corrected chi connectivity index (χ1v) is 5.81. The van der Waals surface area contributed by atoms with Crippen LogP contribution in [0.5, 0.6) is 5.75 Å². The molecule has 0 aliphatic rings. The Bertz CT molecular complexity index is 603. The highest BCUT2D eigenvalue weighted by Crippen LogP contribution is 2.20.